The first-order valence-electron chi connectivity index (χ1n) is 6.73. The van der Waals surface area contributed by atoms with Crippen LogP contribution in [-0.2, 0) is 0 Å². The second kappa shape index (κ2) is 6.42. The minimum absolute atomic E-state index is 0.754. The molecule has 1 aromatic carbocycles. The Kier molecular flexibility index (Phi) is 4.60. The predicted octanol–water partition coefficient (Wildman–Crippen LogP) is 2.38. The van der Waals surface area contributed by atoms with Gasteiger partial charge in [-0.15, -0.1) is 0 Å². The first-order chi connectivity index (χ1) is 8.83. The molecule has 1 aliphatic heterocycles. The van der Waals surface area contributed by atoms with Crippen LogP contribution < -0.4 is 10.2 Å². The number of rotatable bonds is 4. The van der Waals surface area contributed by atoms with Crippen molar-refractivity contribution in [3.8, 4) is 6.07 Å². The quantitative estimate of drug-likeness (QED) is 0.882. The molecule has 2 rings (SSSR count). The summed E-state index contributed by atoms with van der Waals surface area (Å²) in [5, 5.41) is 12.1. The fraction of sp³-hybridized carbons (Fsp3) is 0.533. The normalized spacial score (nSPS) is 16.6. The number of nitriles is 1. The van der Waals surface area contributed by atoms with Gasteiger partial charge in [0.1, 0.15) is 0 Å². The third-order valence-corrected chi connectivity index (χ3v) is 3.76. The van der Waals surface area contributed by atoms with E-state index in [2.05, 4.69) is 22.4 Å². The molecule has 1 aliphatic rings. The number of nitrogens with one attached hydrogen (secondary N) is 1. The van der Waals surface area contributed by atoms with Crippen LogP contribution in [0.3, 0.4) is 0 Å². The number of piperidine rings is 1. The SMILES string of the molecule is CNCCC1CCN(c2cccc(C#N)c2)CC1. The molecule has 3 heteroatoms. The van der Waals surface area contributed by atoms with Gasteiger partial charge in [-0.1, -0.05) is 6.07 Å². The second-order valence-corrected chi connectivity index (χ2v) is 4.98. The Morgan fingerprint density at radius 2 is 2.17 bits per heavy atom. The molecule has 1 N–H and O–H groups in total. The van der Waals surface area contributed by atoms with Gasteiger partial charge in [-0.25, -0.2) is 0 Å². The Morgan fingerprint density at radius 1 is 1.39 bits per heavy atom. The highest BCUT2D eigenvalue weighted by Gasteiger charge is 2.18. The maximum Gasteiger partial charge on any atom is 0.0992 e. The van der Waals surface area contributed by atoms with E-state index in [1.165, 1.54) is 24.9 Å². The standard InChI is InChI=1S/C15H21N3/c1-17-8-5-13-6-9-18(10-7-13)15-4-2-3-14(11-15)12-16/h2-4,11,13,17H,5-10H2,1H3. The summed E-state index contributed by atoms with van der Waals surface area (Å²) in [6.07, 6.45) is 3.81. The number of hydrogen-bond donors (Lipinski definition) is 1. The van der Waals surface area contributed by atoms with E-state index in [4.69, 9.17) is 5.26 Å². The Balaban J connectivity index is 1.91. The summed E-state index contributed by atoms with van der Waals surface area (Å²) in [5.74, 6) is 0.854. The fourth-order valence-electron chi connectivity index (χ4n) is 2.60. The molecule has 18 heavy (non-hydrogen) atoms. The van der Waals surface area contributed by atoms with E-state index in [0.29, 0.717) is 0 Å². The van der Waals surface area contributed by atoms with E-state index in [0.717, 1.165) is 31.1 Å². The van der Waals surface area contributed by atoms with Crippen LogP contribution in [0.25, 0.3) is 0 Å². The topological polar surface area (TPSA) is 39.1 Å². The molecule has 1 saturated heterocycles. The largest absolute Gasteiger partial charge is 0.371 e. The Hall–Kier alpha value is -1.53. The van der Waals surface area contributed by atoms with E-state index in [1.807, 2.05) is 25.2 Å². The highest BCUT2D eigenvalue weighted by Crippen LogP contribution is 2.25. The van der Waals surface area contributed by atoms with Crippen LogP contribution in [0.5, 0.6) is 0 Å². The summed E-state index contributed by atoms with van der Waals surface area (Å²) >= 11 is 0. The molecule has 0 unspecified atom stereocenters. The molecule has 0 radical (unpaired) electrons. The summed E-state index contributed by atoms with van der Waals surface area (Å²) in [6, 6.07) is 10.1. The first-order valence-corrected chi connectivity index (χ1v) is 6.73. The zero-order valence-corrected chi connectivity index (χ0v) is 11.0. The second-order valence-electron chi connectivity index (χ2n) is 4.98. The molecule has 0 bridgehead atoms. The molecule has 3 nitrogen and oxygen atoms in total. The van der Waals surface area contributed by atoms with Crippen molar-refractivity contribution in [3.63, 3.8) is 0 Å². The van der Waals surface area contributed by atoms with Crippen LogP contribution >= 0.6 is 0 Å². The molecular weight excluding hydrogens is 222 g/mol. The van der Waals surface area contributed by atoms with Gasteiger partial charge in [-0.05, 0) is 57.0 Å². The summed E-state index contributed by atoms with van der Waals surface area (Å²) in [4.78, 5) is 2.40. The third kappa shape index (κ3) is 3.24. The van der Waals surface area contributed by atoms with Gasteiger partial charge >= 0.3 is 0 Å². The molecule has 1 heterocycles. The number of nitrogens with zero attached hydrogens (tertiary/aromatic N) is 2. The maximum absolute atomic E-state index is 8.92. The van der Waals surface area contributed by atoms with E-state index >= 15 is 0 Å². The van der Waals surface area contributed by atoms with E-state index < -0.39 is 0 Å². The predicted molar refractivity (Wildman–Crippen MR) is 74.6 cm³/mol. The number of benzene rings is 1. The lowest BCUT2D eigenvalue weighted by atomic mass is 9.93. The van der Waals surface area contributed by atoms with Gasteiger partial charge in [0.2, 0.25) is 0 Å². The molecule has 0 aromatic heterocycles. The van der Waals surface area contributed by atoms with Crippen LogP contribution in [-0.4, -0.2) is 26.7 Å². The van der Waals surface area contributed by atoms with Gasteiger partial charge in [0.15, 0.2) is 0 Å². The van der Waals surface area contributed by atoms with Crippen LogP contribution in [0.1, 0.15) is 24.8 Å². The van der Waals surface area contributed by atoms with Crippen LogP contribution in [0.2, 0.25) is 0 Å². The van der Waals surface area contributed by atoms with Crippen LogP contribution in [0, 0.1) is 17.2 Å². The molecule has 0 spiro atoms. The molecule has 0 amide bonds. The highest BCUT2D eigenvalue weighted by atomic mass is 15.1. The van der Waals surface area contributed by atoms with Crippen molar-refractivity contribution in [3.05, 3.63) is 29.8 Å². The third-order valence-electron chi connectivity index (χ3n) is 3.76. The van der Waals surface area contributed by atoms with Gasteiger partial charge in [0, 0.05) is 18.8 Å². The van der Waals surface area contributed by atoms with Gasteiger partial charge in [0.25, 0.3) is 0 Å². The number of anilines is 1. The summed E-state index contributed by atoms with van der Waals surface area (Å²) in [6.45, 7) is 3.35. The van der Waals surface area contributed by atoms with Gasteiger partial charge in [0.05, 0.1) is 11.6 Å². The van der Waals surface area contributed by atoms with Crippen molar-refractivity contribution >= 4 is 5.69 Å². The van der Waals surface area contributed by atoms with Crippen molar-refractivity contribution in [1.82, 2.24) is 5.32 Å². The maximum atomic E-state index is 8.92. The molecule has 1 aromatic rings. The molecular formula is C15H21N3. The summed E-state index contributed by atoms with van der Waals surface area (Å²) < 4.78 is 0. The van der Waals surface area contributed by atoms with Crippen molar-refractivity contribution in [2.24, 2.45) is 5.92 Å². The van der Waals surface area contributed by atoms with Gasteiger partial charge < -0.3 is 10.2 Å². The van der Waals surface area contributed by atoms with Crippen molar-refractivity contribution < 1.29 is 0 Å². The lowest BCUT2D eigenvalue weighted by Gasteiger charge is -2.33. The Labute approximate surface area is 109 Å². The number of hydrogen-bond acceptors (Lipinski definition) is 3. The molecule has 0 saturated carbocycles. The summed E-state index contributed by atoms with van der Waals surface area (Å²) in [7, 11) is 2.02. The fourth-order valence-corrected chi connectivity index (χ4v) is 2.60. The minimum atomic E-state index is 0.754. The molecule has 0 atom stereocenters. The van der Waals surface area contributed by atoms with Crippen molar-refractivity contribution in [1.29, 1.82) is 5.26 Å². The first kappa shape index (κ1) is 12.9. The average molecular weight is 243 g/mol. The molecule has 0 aliphatic carbocycles. The van der Waals surface area contributed by atoms with E-state index in [9.17, 15) is 0 Å². The van der Waals surface area contributed by atoms with Crippen LogP contribution in [0.15, 0.2) is 24.3 Å². The van der Waals surface area contributed by atoms with Crippen molar-refractivity contribution in [2.45, 2.75) is 19.3 Å². The smallest absolute Gasteiger partial charge is 0.0992 e. The van der Waals surface area contributed by atoms with Gasteiger partial charge in [-0.3, -0.25) is 0 Å². The minimum Gasteiger partial charge on any atom is -0.371 e. The molecule has 96 valence electrons. The molecule has 1 fully saturated rings. The Morgan fingerprint density at radius 3 is 2.83 bits per heavy atom. The van der Waals surface area contributed by atoms with E-state index in [1.54, 1.807) is 0 Å². The zero-order chi connectivity index (χ0) is 12.8. The van der Waals surface area contributed by atoms with Crippen LogP contribution in [0.4, 0.5) is 5.69 Å². The monoisotopic (exact) mass is 243 g/mol. The van der Waals surface area contributed by atoms with Crippen molar-refractivity contribution in [2.75, 3.05) is 31.6 Å². The lowest BCUT2D eigenvalue weighted by Crippen LogP contribution is -2.34. The highest BCUT2D eigenvalue weighted by molar-refractivity contribution is 5.51. The summed E-state index contributed by atoms with van der Waals surface area (Å²) in [5.41, 5.74) is 1.95. The van der Waals surface area contributed by atoms with Gasteiger partial charge in [-0.2, -0.15) is 5.26 Å². The van der Waals surface area contributed by atoms with E-state index in [-0.39, 0.29) is 0 Å². The lowest BCUT2D eigenvalue weighted by molar-refractivity contribution is 0.378. The Bertz CT molecular complexity index is 414. The average Bonchev–Trinajstić information content (AvgIpc) is 2.46. The zero-order valence-electron chi connectivity index (χ0n) is 11.0.